The first-order valence-corrected chi connectivity index (χ1v) is 9.53. The Hall–Kier alpha value is -3.68. The van der Waals surface area contributed by atoms with Crippen molar-refractivity contribution in [1.82, 2.24) is 0 Å². The van der Waals surface area contributed by atoms with Gasteiger partial charge in [0.05, 0.1) is 5.92 Å². The number of anilines is 2. The van der Waals surface area contributed by atoms with Crippen LogP contribution in [0.15, 0.2) is 48.5 Å². The number of nitrogens with two attached hydrogens (primary N) is 1. The van der Waals surface area contributed by atoms with Crippen molar-refractivity contribution < 1.29 is 23.9 Å². The number of rotatable bonds is 6. The third-order valence-corrected chi connectivity index (χ3v) is 4.90. The van der Waals surface area contributed by atoms with Gasteiger partial charge in [-0.2, -0.15) is 0 Å². The first kappa shape index (κ1) is 21.0. The Bertz CT molecular complexity index is 969. The molecular formula is C22H23N3O5. The summed E-state index contributed by atoms with van der Waals surface area (Å²) in [6.45, 7) is 3.62. The molecule has 30 heavy (non-hydrogen) atoms. The van der Waals surface area contributed by atoms with E-state index in [1.807, 2.05) is 31.2 Å². The molecule has 2 atom stereocenters. The minimum atomic E-state index is -1.04. The summed E-state index contributed by atoms with van der Waals surface area (Å²) >= 11 is 0. The molecule has 1 fully saturated rings. The normalized spacial score (nSPS) is 16.8. The topological polar surface area (TPSA) is 119 Å². The summed E-state index contributed by atoms with van der Waals surface area (Å²) < 4.78 is 5.28. The van der Waals surface area contributed by atoms with Gasteiger partial charge in [-0.05, 0) is 50.2 Å². The van der Waals surface area contributed by atoms with E-state index < -0.39 is 29.8 Å². The fourth-order valence-corrected chi connectivity index (χ4v) is 3.13. The standard InChI is InChI=1S/C22H23N3O5/c1-13-3-9-18(10-4-13)25-12-16(11-19(25)26)22(29)30-14(2)21(28)24-17-7-5-15(6-8-17)20(23)27/h3-10,14,16H,11-12H2,1-2H3,(H2,23,27)(H,24,28)/t14-,16-/m1/s1. The first-order valence-electron chi connectivity index (χ1n) is 9.53. The second-order valence-electron chi connectivity index (χ2n) is 7.25. The summed E-state index contributed by atoms with van der Waals surface area (Å²) in [5, 5.41) is 2.61. The van der Waals surface area contributed by atoms with E-state index in [1.165, 1.54) is 31.2 Å². The molecule has 8 heteroatoms. The van der Waals surface area contributed by atoms with E-state index in [0.29, 0.717) is 11.3 Å². The van der Waals surface area contributed by atoms with Gasteiger partial charge in [0.15, 0.2) is 6.10 Å². The molecule has 1 saturated heterocycles. The Morgan fingerprint density at radius 1 is 1.10 bits per heavy atom. The summed E-state index contributed by atoms with van der Waals surface area (Å²) in [6, 6.07) is 13.5. The monoisotopic (exact) mass is 409 g/mol. The number of amides is 3. The van der Waals surface area contributed by atoms with Gasteiger partial charge in [0.25, 0.3) is 5.91 Å². The average molecular weight is 409 g/mol. The van der Waals surface area contributed by atoms with Crippen LogP contribution in [0.5, 0.6) is 0 Å². The summed E-state index contributed by atoms with van der Waals surface area (Å²) in [7, 11) is 0. The Morgan fingerprint density at radius 2 is 1.73 bits per heavy atom. The van der Waals surface area contributed by atoms with E-state index >= 15 is 0 Å². The maximum absolute atomic E-state index is 12.5. The van der Waals surface area contributed by atoms with Gasteiger partial charge in [-0.25, -0.2) is 0 Å². The SMILES string of the molecule is Cc1ccc(N2C[C@H](C(=O)O[C@H](C)C(=O)Nc3ccc(C(N)=O)cc3)CC2=O)cc1. The predicted molar refractivity (Wildman–Crippen MR) is 111 cm³/mol. The fraction of sp³-hybridized carbons (Fsp3) is 0.273. The largest absolute Gasteiger partial charge is 0.452 e. The van der Waals surface area contributed by atoms with Crippen molar-refractivity contribution in [3.8, 4) is 0 Å². The number of aryl methyl sites for hydroxylation is 1. The fourth-order valence-electron chi connectivity index (χ4n) is 3.13. The lowest BCUT2D eigenvalue weighted by Crippen LogP contribution is -2.33. The molecule has 2 aromatic carbocycles. The van der Waals surface area contributed by atoms with Crippen LogP contribution < -0.4 is 16.0 Å². The highest BCUT2D eigenvalue weighted by atomic mass is 16.5. The number of nitrogens with one attached hydrogen (secondary N) is 1. The summed E-state index contributed by atoms with van der Waals surface area (Å²) in [4.78, 5) is 49.7. The summed E-state index contributed by atoms with van der Waals surface area (Å²) in [5.74, 6) is -2.48. The first-order chi connectivity index (χ1) is 14.2. The number of nitrogens with zero attached hydrogens (tertiary/aromatic N) is 1. The molecule has 1 aliphatic heterocycles. The zero-order chi connectivity index (χ0) is 21.8. The Morgan fingerprint density at radius 3 is 2.33 bits per heavy atom. The lowest BCUT2D eigenvalue weighted by atomic mass is 10.1. The molecule has 0 spiro atoms. The molecule has 0 saturated carbocycles. The molecular weight excluding hydrogens is 386 g/mol. The molecule has 0 radical (unpaired) electrons. The Balaban J connectivity index is 1.55. The Labute approximate surface area is 174 Å². The van der Waals surface area contributed by atoms with E-state index in [4.69, 9.17) is 10.5 Å². The molecule has 0 aromatic heterocycles. The van der Waals surface area contributed by atoms with E-state index in [9.17, 15) is 19.2 Å². The third-order valence-electron chi connectivity index (χ3n) is 4.90. The van der Waals surface area contributed by atoms with Crippen molar-refractivity contribution in [1.29, 1.82) is 0 Å². The van der Waals surface area contributed by atoms with Crippen LogP contribution in [0.1, 0.15) is 29.3 Å². The lowest BCUT2D eigenvalue weighted by Gasteiger charge is -2.18. The molecule has 2 aromatic rings. The third kappa shape index (κ3) is 4.83. The zero-order valence-corrected chi connectivity index (χ0v) is 16.8. The van der Waals surface area contributed by atoms with E-state index in [1.54, 1.807) is 4.90 Å². The van der Waals surface area contributed by atoms with E-state index in [-0.39, 0.29) is 18.9 Å². The highest BCUT2D eigenvalue weighted by molar-refractivity contribution is 6.00. The molecule has 8 nitrogen and oxygen atoms in total. The molecule has 3 amide bonds. The van der Waals surface area contributed by atoms with Gasteiger partial charge in [0.1, 0.15) is 0 Å². The molecule has 0 unspecified atom stereocenters. The van der Waals surface area contributed by atoms with Crippen LogP contribution in [0.4, 0.5) is 11.4 Å². The van der Waals surface area contributed by atoms with Crippen molar-refractivity contribution in [2.24, 2.45) is 11.7 Å². The van der Waals surface area contributed by atoms with Gasteiger partial charge in [0, 0.05) is 29.9 Å². The molecule has 0 aliphatic carbocycles. The van der Waals surface area contributed by atoms with Gasteiger partial charge in [-0.1, -0.05) is 17.7 Å². The second kappa shape index (κ2) is 8.77. The number of hydrogen-bond acceptors (Lipinski definition) is 5. The predicted octanol–water partition coefficient (Wildman–Crippen LogP) is 2.02. The number of carbonyl (C=O) groups is 4. The second-order valence-corrected chi connectivity index (χ2v) is 7.25. The number of esters is 1. The van der Waals surface area contributed by atoms with Crippen molar-refractivity contribution in [3.05, 3.63) is 59.7 Å². The maximum atomic E-state index is 12.5. The number of hydrogen-bond donors (Lipinski definition) is 2. The average Bonchev–Trinajstić information content (AvgIpc) is 3.10. The van der Waals surface area contributed by atoms with Gasteiger partial charge in [-0.15, -0.1) is 0 Å². The quantitative estimate of drug-likeness (QED) is 0.708. The van der Waals surface area contributed by atoms with Crippen molar-refractivity contribution in [2.75, 3.05) is 16.8 Å². The summed E-state index contributed by atoms with van der Waals surface area (Å²) in [5.41, 5.74) is 7.74. The smallest absolute Gasteiger partial charge is 0.312 e. The van der Waals surface area contributed by atoms with Crippen molar-refractivity contribution in [2.45, 2.75) is 26.4 Å². The van der Waals surface area contributed by atoms with Crippen LogP contribution in [0, 0.1) is 12.8 Å². The lowest BCUT2D eigenvalue weighted by molar-refractivity contribution is -0.157. The Kier molecular flexibility index (Phi) is 6.15. The molecule has 1 aliphatic rings. The zero-order valence-electron chi connectivity index (χ0n) is 16.8. The molecule has 3 rings (SSSR count). The maximum Gasteiger partial charge on any atom is 0.312 e. The summed E-state index contributed by atoms with van der Waals surface area (Å²) in [6.07, 6.45) is -1.01. The van der Waals surface area contributed by atoms with E-state index in [0.717, 1.165) is 11.3 Å². The number of ether oxygens (including phenoxy) is 1. The minimum Gasteiger partial charge on any atom is -0.452 e. The molecule has 3 N–H and O–H groups in total. The van der Waals surface area contributed by atoms with Crippen molar-refractivity contribution in [3.63, 3.8) is 0 Å². The highest BCUT2D eigenvalue weighted by Gasteiger charge is 2.37. The van der Waals surface area contributed by atoms with Gasteiger partial charge in [0.2, 0.25) is 11.8 Å². The van der Waals surface area contributed by atoms with Crippen molar-refractivity contribution >= 4 is 35.1 Å². The number of primary amides is 1. The molecule has 1 heterocycles. The van der Waals surface area contributed by atoms with Crippen LogP contribution in [0.3, 0.4) is 0 Å². The highest BCUT2D eigenvalue weighted by Crippen LogP contribution is 2.26. The van der Waals surface area contributed by atoms with E-state index in [2.05, 4.69) is 5.32 Å². The number of carbonyl (C=O) groups excluding carboxylic acids is 4. The van der Waals surface area contributed by atoms with Crippen LogP contribution in [0.25, 0.3) is 0 Å². The van der Waals surface area contributed by atoms with Crippen LogP contribution in [0.2, 0.25) is 0 Å². The van der Waals surface area contributed by atoms with Crippen LogP contribution in [-0.2, 0) is 19.1 Å². The van der Waals surface area contributed by atoms with Gasteiger partial charge < -0.3 is 20.7 Å². The van der Waals surface area contributed by atoms with Gasteiger partial charge in [-0.3, -0.25) is 19.2 Å². The number of benzene rings is 2. The molecule has 0 bridgehead atoms. The van der Waals surface area contributed by atoms with Crippen LogP contribution >= 0.6 is 0 Å². The molecule has 156 valence electrons. The van der Waals surface area contributed by atoms with Crippen LogP contribution in [-0.4, -0.2) is 36.3 Å². The minimum absolute atomic E-state index is 0.0373. The van der Waals surface area contributed by atoms with Gasteiger partial charge >= 0.3 is 5.97 Å².